The summed E-state index contributed by atoms with van der Waals surface area (Å²) >= 11 is 4.28. The lowest BCUT2D eigenvalue weighted by atomic mass is 10.0. The van der Waals surface area contributed by atoms with Crippen LogP contribution in [0.5, 0.6) is 0 Å². The summed E-state index contributed by atoms with van der Waals surface area (Å²) in [7, 11) is 2.08. The van der Waals surface area contributed by atoms with Crippen LogP contribution in [-0.2, 0) is 19.9 Å². The second kappa shape index (κ2) is 8.49. The maximum Gasteiger partial charge on any atom is 0.0624 e. The fourth-order valence-electron chi connectivity index (χ4n) is 2.89. The Kier molecular flexibility index (Phi) is 6.96. The van der Waals surface area contributed by atoms with Crippen molar-refractivity contribution in [3.8, 4) is 0 Å². The molecule has 3 unspecified atom stereocenters. The lowest BCUT2D eigenvalue weighted by Gasteiger charge is -2.35. The van der Waals surface area contributed by atoms with E-state index in [2.05, 4.69) is 72.5 Å². The first-order valence-corrected chi connectivity index (χ1v) is 10.2. The number of hydrogen-bond donors (Lipinski definition) is 1. The molecular formula is C16H29N3S2. The molecule has 1 aromatic heterocycles. The molecule has 0 aromatic carbocycles. The third-order valence-electron chi connectivity index (χ3n) is 4.11. The topological polar surface area (TPSA) is 29.9 Å². The second-order valence-corrected chi connectivity index (χ2v) is 8.55. The van der Waals surface area contributed by atoms with E-state index in [-0.39, 0.29) is 0 Å². The van der Waals surface area contributed by atoms with Crippen molar-refractivity contribution in [2.24, 2.45) is 7.05 Å². The molecule has 5 heteroatoms. The highest BCUT2D eigenvalue weighted by molar-refractivity contribution is 8.07. The van der Waals surface area contributed by atoms with Gasteiger partial charge in [0.15, 0.2) is 0 Å². The normalized spacial score (nSPS) is 24.2. The Morgan fingerprint density at radius 1 is 1.38 bits per heavy atom. The highest BCUT2D eigenvalue weighted by Gasteiger charge is 2.30. The van der Waals surface area contributed by atoms with Gasteiger partial charge in [-0.15, -0.1) is 0 Å². The van der Waals surface area contributed by atoms with Crippen molar-refractivity contribution in [3.63, 3.8) is 0 Å². The Hall–Kier alpha value is -0.130. The van der Waals surface area contributed by atoms with Gasteiger partial charge in [0.1, 0.15) is 0 Å². The smallest absolute Gasteiger partial charge is 0.0624 e. The van der Waals surface area contributed by atoms with Crippen LogP contribution in [0, 0.1) is 0 Å². The molecule has 0 aliphatic carbocycles. The fourth-order valence-corrected chi connectivity index (χ4v) is 5.85. The van der Waals surface area contributed by atoms with E-state index in [4.69, 9.17) is 0 Å². The average Bonchev–Trinajstić information content (AvgIpc) is 2.84. The van der Waals surface area contributed by atoms with Gasteiger partial charge in [-0.25, -0.2) is 0 Å². The van der Waals surface area contributed by atoms with E-state index >= 15 is 0 Å². The second-order valence-electron chi connectivity index (χ2n) is 5.78. The van der Waals surface area contributed by atoms with Gasteiger partial charge in [0.2, 0.25) is 0 Å². The first kappa shape index (κ1) is 17.2. The van der Waals surface area contributed by atoms with Crippen LogP contribution in [0.15, 0.2) is 6.07 Å². The lowest BCUT2D eigenvalue weighted by Crippen LogP contribution is -2.46. The van der Waals surface area contributed by atoms with Crippen molar-refractivity contribution < 1.29 is 0 Å². The van der Waals surface area contributed by atoms with Gasteiger partial charge in [0.25, 0.3) is 0 Å². The Labute approximate surface area is 138 Å². The van der Waals surface area contributed by atoms with Crippen LogP contribution in [0.25, 0.3) is 0 Å². The molecule has 1 aromatic rings. The maximum absolute atomic E-state index is 4.60. The van der Waals surface area contributed by atoms with Crippen LogP contribution >= 0.6 is 23.5 Å². The van der Waals surface area contributed by atoms with E-state index in [9.17, 15) is 0 Å². The van der Waals surface area contributed by atoms with Crippen molar-refractivity contribution in [2.75, 3.05) is 18.1 Å². The van der Waals surface area contributed by atoms with E-state index in [1.54, 1.807) is 0 Å². The summed E-state index contributed by atoms with van der Waals surface area (Å²) in [6, 6.07) is 2.84. The molecule has 0 spiro atoms. The van der Waals surface area contributed by atoms with Crippen LogP contribution in [-0.4, -0.2) is 44.4 Å². The van der Waals surface area contributed by atoms with Gasteiger partial charge in [0, 0.05) is 47.2 Å². The Morgan fingerprint density at radius 2 is 2.14 bits per heavy atom. The van der Waals surface area contributed by atoms with E-state index in [1.165, 1.54) is 29.3 Å². The number of rotatable bonds is 7. The Bertz CT molecular complexity index is 433. The van der Waals surface area contributed by atoms with Crippen LogP contribution in [0.3, 0.4) is 0 Å². The van der Waals surface area contributed by atoms with Gasteiger partial charge in [-0.3, -0.25) is 4.68 Å². The standard InChI is InChI=1S/C16H29N3S2/c1-5-7-17-15(16-12(3)20-8-9-21-16)11-14-10-13(6-2)18-19(14)4/h10,12,15-17H,5-9,11H2,1-4H3. The van der Waals surface area contributed by atoms with Gasteiger partial charge >= 0.3 is 0 Å². The molecular weight excluding hydrogens is 298 g/mol. The molecule has 1 aliphatic rings. The van der Waals surface area contributed by atoms with Gasteiger partial charge in [-0.1, -0.05) is 20.8 Å². The summed E-state index contributed by atoms with van der Waals surface area (Å²) in [5.41, 5.74) is 2.57. The Morgan fingerprint density at radius 3 is 2.76 bits per heavy atom. The number of nitrogens with one attached hydrogen (secondary N) is 1. The van der Waals surface area contributed by atoms with Gasteiger partial charge < -0.3 is 5.32 Å². The molecule has 3 nitrogen and oxygen atoms in total. The molecule has 21 heavy (non-hydrogen) atoms. The SMILES string of the molecule is CCCNC(Cc1cc(CC)nn1C)C1SCCSC1C. The summed E-state index contributed by atoms with van der Waals surface area (Å²) in [6.45, 7) is 7.92. The van der Waals surface area contributed by atoms with E-state index in [1.807, 2.05) is 0 Å². The largest absolute Gasteiger partial charge is 0.312 e. The summed E-state index contributed by atoms with van der Waals surface area (Å²) in [5, 5.41) is 9.84. The minimum absolute atomic E-state index is 0.554. The molecule has 1 N–H and O–H groups in total. The molecule has 0 saturated carbocycles. The number of thioether (sulfide) groups is 2. The zero-order chi connectivity index (χ0) is 15.2. The number of aryl methyl sites for hydroxylation is 2. The van der Waals surface area contributed by atoms with E-state index < -0.39 is 0 Å². The Balaban J connectivity index is 2.09. The molecule has 2 rings (SSSR count). The molecule has 3 atom stereocenters. The molecule has 1 aliphatic heterocycles. The van der Waals surface area contributed by atoms with Crippen LogP contribution < -0.4 is 5.32 Å². The van der Waals surface area contributed by atoms with Crippen LogP contribution in [0.4, 0.5) is 0 Å². The monoisotopic (exact) mass is 327 g/mol. The molecule has 0 radical (unpaired) electrons. The molecule has 2 heterocycles. The molecule has 0 amide bonds. The average molecular weight is 328 g/mol. The van der Waals surface area contributed by atoms with Crippen LogP contribution in [0.1, 0.15) is 38.6 Å². The van der Waals surface area contributed by atoms with E-state index in [0.29, 0.717) is 11.3 Å². The summed E-state index contributed by atoms with van der Waals surface area (Å²) in [6.07, 6.45) is 3.30. The minimum atomic E-state index is 0.554. The third kappa shape index (κ3) is 4.67. The van der Waals surface area contributed by atoms with Gasteiger partial charge in [-0.05, 0) is 25.5 Å². The van der Waals surface area contributed by atoms with Crippen molar-refractivity contribution in [3.05, 3.63) is 17.5 Å². The fraction of sp³-hybridized carbons (Fsp3) is 0.812. The van der Waals surface area contributed by atoms with E-state index in [0.717, 1.165) is 24.6 Å². The van der Waals surface area contributed by atoms with Crippen molar-refractivity contribution in [1.82, 2.24) is 15.1 Å². The predicted molar refractivity (Wildman–Crippen MR) is 96.5 cm³/mol. The quantitative estimate of drug-likeness (QED) is 0.833. The molecule has 1 saturated heterocycles. The summed E-state index contributed by atoms with van der Waals surface area (Å²) in [4.78, 5) is 0. The zero-order valence-electron chi connectivity index (χ0n) is 13.8. The third-order valence-corrected chi connectivity index (χ3v) is 7.36. The summed E-state index contributed by atoms with van der Waals surface area (Å²) in [5.74, 6) is 2.59. The number of nitrogens with zero attached hydrogens (tertiary/aromatic N) is 2. The van der Waals surface area contributed by atoms with Crippen LogP contribution in [0.2, 0.25) is 0 Å². The minimum Gasteiger partial charge on any atom is -0.312 e. The highest BCUT2D eigenvalue weighted by Crippen LogP contribution is 2.34. The van der Waals surface area contributed by atoms with Crippen molar-refractivity contribution in [2.45, 2.75) is 56.6 Å². The van der Waals surface area contributed by atoms with Crippen molar-refractivity contribution >= 4 is 23.5 Å². The lowest BCUT2D eigenvalue weighted by molar-refractivity contribution is 0.474. The molecule has 0 bridgehead atoms. The van der Waals surface area contributed by atoms with Gasteiger partial charge in [-0.2, -0.15) is 28.6 Å². The number of hydrogen-bond acceptors (Lipinski definition) is 4. The first-order valence-electron chi connectivity index (χ1n) is 8.14. The first-order chi connectivity index (χ1) is 10.2. The summed E-state index contributed by atoms with van der Waals surface area (Å²) < 4.78 is 2.07. The predicted octanol–water partition coefficient (Wildman–Crippen LogP) is 3.13. The van der Waals surface area contributed by atoms with Gasteiger partial charge in [0.05, 0.1) is 5.69 Å². The molecule has 120 valence electrons. The zero-order valence-corrected chi connectivity index (χ0v) is 15.4. The highest BCUT2D eigenvalue weighted by atomic mass is 32.2. The van der Waals surface area contributed by atoms with Crippen molar-refractivity contribution in [1.29, 1.82) is 0 Å². The maximum atomic E-state index is 4.60. The number of aromatic nitrogens is 2. The molecule has 1 fully saturated rings.